The molecule has 1 aliphatic carbocycles. The van der Waals surface area contributed by atoms with Crippen LogP contribution in [0.5, 0.6) is 0 Å². The van der Waals surface area contributed by atoms with E-state index in [1.165, 1.54) is 17.1 Å². The maximum Gasteiger partial charge on any atom is 0.243 e. The molecule has 0 aliphatic heterocycles. The standard InChI is InChI=1S/C17H25BrN2O3S/c1-2-20(24(22,23)16-11-9-14(18)10-12-16)13-17(21)19-15-7-5-3-4-6-8-15/h9-12,15H,2-8,13H2,1H3,(H,19,21). The van der Waals surface area contributed by atoms with Gasteiger partial charge in [-0.1, -0.05) is 48.5 Å². The van der Waals surface area contributed by atoms with Gasteiger partial charge in [-0.15, -0.1) is 0 Å². The highest BCUT2D eigenvalue weighted by Crippen LogP contribution is 2.19. The smallest absolute Gasteiger partial charge is 0.243 e. The molecule has 7 heteroatoms. The average Bonchev–Trinajstić information content (AvgIpc) is 2.81. The predicted octanol–water partition coefficient (Wildman–Crippen LogP) is 3.30. The zero-order valence-electron chi connectivity index (χ0n) is 14.0. The molecule has 0 radical (unpaired) electrons. The summed E-state index contributed by atoms with van der Waals surface area (Å²) in [5, 5.41) is 3.00. The Morgan fingerprint density at radius 3 is 2.29 bits per heavy atom. The van der Waals surface area contributed by atoms with E-state index in [-0.39, 0.29) is 29.9 Å². The van der Waals surface area contributed by atoms with Crippen molar-refractivity contribution >= 4 is 31.9 Å². The summed E-state index contributed by atoms with van der Waals surface area (Å²) >= 11 is 3.30. The quantitative estimate of drug-likeness (QED) is 0.723. The van der Waals surface area contributed by atoms with Crippen LogP contribution in [0.3, 0.4) is 0 Å². The fourth-order valence-electron chi connectivity index (χ4n) is 2.98. The van der Waals surface area contributed by atoms with Gasteiger partial charge >= 0.3 is 0 Å². The lowest BCUT2D eigenvalue weighted by atomic mass is 10.1. The Morgan fingerprint density at radius 1 is 1.17 bits per heavy atom. The molecule has 0 bridgehead atoms. The first-order chi connectivity index (χ1) is 11.4. The Bertz CT molecular complexity index is 638. The van der Waals surface area contributed by atoms with Gasteiger partial charge in [-0.05, 0) is 37.1 Å². The van der Waals surface area contributed by atoms with Crippen molar-refractivity contribution in [1.29, 1.82) is 0 Å². The number of nitrogens with one attached hydrogen (secondary N) is 1. The van der Waals surface area contributed by atoms with Crippen LogP contribution in [0, 0.1) is 0 Å². The second kappa shape index (κ2) is 8.97. The fourth-order valence-corrected chi connectivity index (χ4v) is 4.65. The van der Waals surface area contributed by atoms with Crippen molar-refractivity contribution in [2.45, 2.75) is 56.4 Å². The molecule has 0 atom stereocenters. The number of sulfonamides is 1. The third-order valence-electron chi connectivity index (χ3n) is 4.34. The van der Waals surface area contributed by atoms with E-state index in [1.807, 2.05) is 0 Å². The number of nitrogens with zero attached hydrogens (tertiary/aromatic N) is 1. The van der Waals surface area contributed by atoms with E-state index in [4.69, 9.17) is 0 Å². The molecule has 1 aliphatic rings. The second-order valence-corrected chi connectivity index (χ2v) is 8.99. The predicted molar refractivity (Wildman–Crippen MR) is 98.2 cm³/mol. The van der Waals surface area contributed by atoms with E-state index in [0.29, 0.717) is 0 Å². The first kappa shape index (κ1) is 19.4. The average molecular weight is 417 g/mol. The summed E-state index contributed by atoms with van der Waals surface area (Å²) < 4.78 is 27.4. The summed E-state index contributed by atoms with van der Waals surface area (Å²) in [5.41, 5.74) is 0. The summed E-state index contributed by atoms with van der Waals surface area (Å²) in [6.45, 7) is 1.87. The van der Waals surface area contributed by atoms with Crippen molar-refractivity contribution < 1.29 is 13.2 Å². The third kappa shape index (κ3) is 5.29. The summed E-state index contributed by atoms with van der Waals surface area (Å²) in [6.07, 6.45) is 6.64. The van der Waals surface area contributed by atoms with Crippen LogP contribution in [0.2, 0.25) is 0 Å². The van der Waals surface area contributed by atoms with Gasteiger partial charge in [-0.25, -0.2) is 8.42 Å². The molecule has 0 aromatic heterocycles. The minimum atomic E-state index is -3.66. The lowest BCUT2D eigenvalue weighted by Crippen LogP contribution is -2.44. The molecule has 0 heterocycles. The van der Waals surface area contributed by atoms with E-state index >= 15 is 0 Å². The summed E-state index contributed by atoms with van der Waals surface area (Å²) in [5.74, 6) is -0.218. The molecule has 0 unspecified atom stereocenters. The molecule has 1 aromatic carbocycles. The number of rotatable bonds is 6. The van der Waals surface area contributed by atoms with Crippen molar-refractivity contribution in [1.82, 2.24) is 9.62 Å². The molecule has 1 fully saturated rings. The van der Waals surface area contributed by atoms with Crippen LogP contribution in [0.15, 0.2) is 33.6 Å². The van der Waals surface area contributed by atoms with Gasteiger partial charge < -0.3 is 5.32 Å². The van der Waals surface area contributed by atoms with Gasteiger partial charge in [-0.2, -0.15) is 4.31 Å². The highest BCUT2D eigenvalue weighted by molar-refractivity contribution is 9.10. The van der Waals surface area contributed by atoms with Crippen LogP contribution in [-0.4, -0.2) is 37.8 Å². The van der Waals surface area contributed by atoms with E-state index < -0.39 is 10.0 Å². The molecule has 0 spiro atoms. The summed E-state index contributed by atoms with van der Waals surface area (Å²) in [6, 6.07) is 6.64. The minimum Gasteiger partial charge on any atom is -0.352 e. The number of amides is 1. The Balaban J connectivity index is 2.02. The Kier molecular flexibility index (Phi) is 7.25. The topological polar surface area (TPSA) is 66.5 Å². The zero-order valence-corrected chi connectivity index (χ0v) is 16.4. The van der Waals surface area contributed by atoms with Gasteiger partial charge in [0.25, 0.3) is 0 Å². The first-order valence-electron chi connectivity index (χ1n) is 8.48. The second-order valence-electron chi connectivity index (χ2n) is 6.14. The maximum atomic E-state index is 12.7. The lowest BCUT2D eigenvalue weighted by Gasteiger charge is -2.22. The van der Waals surface area contributed by atoms with Gasteiger partial charge in [0.15, 0.2) is 0 Å². The van der Waals surface area contributed by atoms with Crippen molar-refractivity contribution in [3.8, 4) is 0 Å². The van der Waals surface area contributed by atoms with Gasteiger partial charge in [0.2, 0.25) is 15.9 Å². The highest BCUT2D eigenvalue weighted by atomic mass is 79.9. The number of likely N-dealkylation sites (N-methyl/N-ethyl adjacent to an activating group) is 1. The number of halogens is 1. The minimum absolute atomic E-state index is 0.134. The van der Waals surface area contributed by atoms with Gasteiger partial charge in [0.05, 0.1) is 11.4 Å². The zero-order chi connectivity index (χ0) is 17.6. The number of hydrogen-bond acceptors (Lipinski definition) is 3. The summed E-state index contributed by atoms with van der Waals surface area (Å²) in [7, 11) is -3.66. The lowest BCUT2D eigenvalue weighted by molar-refractivity contribution is -0.122. The van der Waals surface area contributed by atoms with Crippen LogP contribution in [0.1, 0.15) is 45.4 Å². The van der Waals surface area contributed by atoms with Crippen molar-refractivity contribution in [2.24, 2.45) is 0 Å². The maximum absolute atomic E-state index is 12.7. The number of hydrogen-bond donors (Lipinski definition) is 1. The normalized spacial score (nSPS) is 16.8. The van der Waals surface area contributed by atoms with Crippen molar-refractivity contribution in [2.75, 3.05) is 13.1 Å². The molecule has 2 rings (SSSR count). The summed E-state index contributed by atoms with van der Waals surface area (Å²) in [4.78, 5) is 12.5. The monoisotopic (exact) mass is 416 g/mol. The van der Waals surface area contributed by atoms with Gasteiger partial charge in [-0.3, -0.25) is 4.79 Å². The Hall–Kier alpha value is -0.920. The molecular formula is C17H25BrN2O3S. The van der Waals surface area contributed by atoms with Crippen LogP contribution in [0.4, 0.5) is 0 Å². The Labute approximate surface area is 153 Å². The van der Waals surface area contributed by atoms with Crippen LogP contribution in [0.25, 0.3) is 0 Å². The molecular weight excluding hydrogens is 392 g/mol. The molecule has 1 amide bonds. The molecule has 134 valence electrons. The van der Waals surface area contributed by atoms with Crippen molar-refractivity contribution in [3.63, 3.8) is 0 Å². The van der Waals surface area contributed by atoms with Crippen molar-refractivity contribution in [3.05, 3.63) is 28.7 Å². The van der Waals surface area contributed by atoms with E-state index in [0.717, 1.165) is 30.2 Å². The SMILES string of the molecule is CCN(CC(=O)NC1CCCCCC1)S(=O)(=O)c1ccc(Br)cc1. The van der Waals surface area contributed by atoms with Gasteiger partial charge in [0.1, 0.15) is 0 Å². The van der Waals surface area contributed by atoms with Crippen LogP contribution < -0.4 is 5.32 Å². The van der Waals surface area contributed by atoms with Gasteiger partial charge in [0, 0.05) is 17.1 Å². The molecule has 1 N–H and O–H groups in total. The number of carbonyl (C=O) groups excluding carboxylic acids is 1. The van der Waals surface area contributed by atoms with E-state index in [1.54, 1.807) is 31.2 Å². The van der Waals surface area contributed by atoms with E-state index in [9.17, 15) is 13.2 Å². The van der Waals surface area contributed by atoms with E-state index in [2.05, 4.69) is 21.2 Å². The number of benzene rings is 1. The number of carbonyl (C=O) groups is 1. The molecule has 0 saturated heterocycles. The highest BCUT2D eigenvalue weighted by Gasteiger charge is 2.26. The van der Waals surface area contributed by atoms with Crippen LogP contribution in [-0.2, 0) is 14.8 Å². The fraction of sp³-hybridized carbons (Fsp3) is 0.588. The molecule has 1 aromatic rings. The Morgan fingerprint density at radius 2 is 1.75 bits per heavy atom. The molecule has 1 saturated carbocycles. The molecule has 5 nitrogen and oxygen atoms in total. The van der Waals surface area contributed by atoms with Crippen LogP contribution >= 0.6 is 15.9 Å². The first-order valence-corrected chi connectivity index (χ1v) is 10.7. The third-order valence-corrected chi connectivity index (χ3v) is 6.81. The largest absolute Gasteiger partial charge is 0.352 e. The molecule has 24 heavy (non-hydrogen) atoms.